The maximum absolute atomic E-state index is 10.5. The van der Waals surface area contributed by atoms with E-state index in [1.54, 1.807) is 0 Å². The fourth-order valence-corrected chi connectivity index (χ4v) is 0.898. The Bertz CT molecular complexity index is 159. The predicted molar refractivity (Wildman–Crippen MR) is 40.8 cm³/mol. The molecule has 1 fully saturated rings. The van der Waals surface area contributed by atoms with E-state index < -0.39 is 6.10 Å². The van der Waals surface area contributed by atoms with Crippen LogP contribution in [0.1, 0.15) is 13.8 Å². The lowest BCUT2D eigenvalue weighted by Gasteiger charge is -2.33. The topological polar surface area (TPSA) is 61.4 Å². The van der Waals surface area contributed by atoms with Crippen molar-refractivity contribution in [3.05, 3.63) is 0 Å². The molecule has 0 aromatic carbocycles. The average Bonchev–Trinajstić information content (AvgIpc) is 1.96. The molecular weight excluding hydrogens is 144 g/mol. The Morgan fingerprint density at radius 1 is 1.73 bits per heavy atom. The zero-order valence-electron chi connectivity index (χ0n) is 6.79. The van der Waals surface area contributed by atoms with Crippen LogP contribution in [0.25, 0.3) is 0 Å². The third kappa shape index (κ3) is 1.91. The number of β-lactam (4-membered cyclic amide) rings is 1. The Morgan fingerprint density at radius 2 is 2.36 bits per heavy atom. The van der Waals surface area contributed by atoms with Gasteiger partial charge in [0.05, 0.1) is 0 Å². The molecule has 1 aliphatic rings. The normalized spacial score (nSPS) is 30.0. The summed E-state index contributed by atoms with van der Waals surface area (Å²) in [5.74, 6) is 0.242. The molecule has 3 N–H and O–H groups in total. The van der Waals surface area contributed by atoms with Crippen LogP contribution >= 0.6 is 0 Å². The second-order valence-corrected chi connectivity index (χ2v) is 3.23. The minimum Gasteiger partial charge on any atom is -0.380 e. The quantitative estimate of drug-likeness (QED) is 0.464. The maximum Gasteiger partial charge on any atom is 0.253 e. The van der Waals surface area contributed by atoms with Crippen LogP contribution in [0.3, 0.4) is 0 Å². The first kappa shape index (κ1) is 8.49. The van der Waals surface area contributed by atoms with E-state index in [4.69, 9.17) is 5.11 Å². The molecule has 0 radical (unpaired) electrons. The minimum atomic E-state index is -0.853. The highest BCUT2D eigenvalue weighted by molar-refractivity contribution is 5.87. The Hall–Kier alpha value is -0.610. The molecule has 0 saturated carbocycles. The van der Waals surface area contributed by atoms with E-state index in [1.807, 2.05) is 0 Å². The highest BCUT2D eigenvalue weighted by Crippen LogP contribution is 2.02. The van der Waals surface area contributed by atoms with E-state index in [2.05, 4.69) is 24.5 Å². The van der Waals surface area contributed by atoms with E-state index in [-0.39, 0.29) is 12.1 Å². The number of aliphatic hydroxyl groups excluding tert-OH is 1. The Balaban J connectivity index is 2.15. The zero-order valence-corrected chi connectivity index (χ0v) is 6.79. The van der Waals surface area contributed by atoms with Gasteiger partial charge in [0.2, 0.25) is 0 Å². The third-order valence-corrected chi connectivity index (χ3v) is 1.63. The Morgan fingerprint density at radius 3 is 2.73 bits per heavy atom. The summed E-state index contributed by atoms with van der Waals surface area (Å²) in [4.78, 5) is 10.5. The minimum absolute atomic E-state index is 0.232. The molecule has 2 unspecified atom stereocenters. The summed E-state index contributed by atoms with van der Waals surface area (Å²) in [6, 6.07) is 0. The largest absolute Gasteiger partial charge is 0.380 e. The zero-order chi connectivity index (χ0) is 8.43. The molecule has 0 aliphatic carbocycles. The smallest absolute Gasteiger partial charge is 0.253 e. The van der Waals surface area contributed by atoms with Crippen LogP contribution in [-0.4, -0.2) is 29.8 Å². The van der Waals surface area contributed by atoms with Crippen molar-refractivity contribution in [1.29, 1.82) is 0 Å². The molecule has 0 aromatic heterocycles. The number of amides is 1. The number of hydrogen-bond acceptors (Lipinski definition) is 3. The monoisotopic (exact) mass is 158 g/mol. The first-order valence-electron chi connectivity index (χ1n) is 3.83. The van der Waals surface area contributed by atoms with Crippen molar-refractivity contribution in [2.24, 2.45) is 5.92 Å². The van der Waals surface area contributed by atoms with E-state index in [1.165, 1.54) is 0 Å². The second kappa shape index (κ2) is 3.19. The van der Waals surface area contributed by atoms with Crippen LogP contribution in [-0.2, 0) is 4.79 Å². The number of hydrogen-bond donors (Lipinski definition) is 3. The van der Waals surface area contributed by atoms with Gasteiger partial charge >= 0.3 is 0 Å². The molecule has 64 valence electrons. The van der Waals surface area contributed by atoms with E-state index in [9.17, 15) is 4.79 Å². The van der Waals surface area contributed by atoms with E-state index >= 15 is 0 Å². The van der Waals surface area contributed by atoms with Crippen LogP contribution < -0.4 is 10.6 Å². The van der Waals surface area contributed by atoms with Crippen molar-refractivity contribution in [2.75, 3.05) is 6.54 Å². The first-order chi connectivity index (χ1) is 5.11. The molecule has 0 aromatic rings. The molecule has 1 aliphatic heterocycles. The van der Waals surface area contributed by atoms with Crippen molar-refractivity contribution in [3.8, 4) is 0 Å². The summed E-state index contributed by atoms with van der Waals surface area (Å²) in [5.41, 5.74) is 0. The Labute approximate surface area is 66.0 Å². The van der Waals surface area contributed by atoms with Crippen molar-refractivity contribution in [1.82, 2.24) is 10.6 Å². The van der Waals surface area contributed by atoms with Gasteiger partial charge in [-0.15, -0.1) is 0 Å². The van der Waals surface area contributed by atoms with Gasteiger partial charge < -0.3 is 10.4 Å². The SMILES string of the molecule is CC(C)CNC1NC(=O)C1O. The Kier molecular flexibility index (Phi) is 2.46. The predicted octanol–water partition coefficient (Wildman–Crippen LogP) is -0.951. The van der Waals surface area contributed by atoms with Crippen LogP contribution in [0.2, 0.25) is 0 Å². The summed E-state index contributed by atoms with van der Waals surface area (Å²) in [6.45, 7) is 4.95. The number of nitrogens with one attached hydrogen (secondary N) is 2. The maximum atomic E-state index is 10.5. The summed E-state index contributed by atoms with van der Waals surface area (Å²) in [5, 5.41) is 14.6. The molecule has 11 heavy (non-hydrogen) atoms. The number of carbonyl (C=O) groups excluding carboxylic acids is 1. The van der Waals surface area contributed by atoms with Crippen molar-refractivity contribution < 1.29 is 9.90 Å². The van der Waals surface area contributed by atoms with Gasteiger partial charge in [-0.1, -0.05) is 13.8 Å². The first-order valence-corrected chi connectivity index (χ1v) is 3.83. The fraction of sp³-hybridized carbons (Fsp3) is 0.857. The molecule has 1 heterocycles. The van der Waals surface area contributed by atoms with E-state index in [0.717, 1.165) is 6.54 Å². The molecular formula is C7H14N2O2. The molecule has 1 amide bonds. The fourth-order valence-electron chi connectivity index (χ4n) is 0.898. The molecule has 0 bridgehead atoms. The second-order valence-electron chi connectivity index (χ2n) is 3.23. The highest BCUT2D eigenvalue weighted by Gasteiger charge is 2.36. The molecule has 0 spiro atoms. The molecule has 4 heteroatoms. The van der Waals surface area contributed by atoms with Gasteiger partial charge in [0.25, 0.3) is 5.91 Å². The summed E-state index contributed by atoms with van der Waals surface area (Å²) < 4.78 is 0. The number of aliphatic hydroxyl groups is 1. The molecule has 1 saturated heterocycles. The van der Waals surface area contributed by atoms with Crippen molar-refractivity contribution >= 4 is 5.91 Å². The van der Waals surface area contributed by atoms with Gasteiger partial charge in [-0.05, 0) is 12.5 Å². The van der Waals surface area contributed by atoms with Crippen molar-refractivity contribution in [2.45, 2.75) is 26.1 Å². The lowest BCUT2D eigenvalue weighted by molar-refractivity contribution is -0.143. The molecule has 1 rings (SSSR count). The molecule has 2 atom stereocenters. The van der Waals surface area contributed by atoms with E-state index in [0.29, 0.717) is 5.92 Å². The van der Waals surface area contributed by atoms with Crippen molar-refractivity contribution in [3.63, 3.8) is 0 Å². The third-order valence-electron chi connectivity index (χ3n) is 1.63. The lowest BCUT2D eigenvalue weighted by Crippen LogP contribution is -2.68. The van der Waals surface area contributed by atoms with Crippen LogP contribution in [0.15, 0.2) is 0 Å². The standard InChI is InChI=1S/C7H14N2O2/c1-4(2)3-8-6-5(10)7(11)9-6/h4-6,8,10H,3H2,1-2H3,(H,9,11). The summed E-state index contributed by atoms with van der Waals surface area (Å²) in [7, 11) is 0. The molecule has 4 nitrogen and oxygen atoms in total. The van der Waals surface area contributed by atoms with Gasteiger partial charge in [-0.2, -0.15) is 0 Å². The summed E-state index contributed by atoms with van der Waals surface area (Å²) in [6.07, 6.45) is -1.08. The lowest BCUT2D eigenvalue weighted by atomic mass is 10.1. The number of rotatable bonds is 3. The van der Waals surface area contributed by atoms with Gasteiger partial charge in [0.15, 0.2) is 6.10 Å². The average molecular weight is 158 g/mol. The van der Waals surface area contributed by atoms with Crippen LogP contribution in [0.5, 0.6) is 0 Å². The highest BCUT2D eigenvalue weighted by atomic mass is 16.3. The van der Waals surface area contributed by atoms with Gasteiger partial charge in [0, 0.05) is 0 Å². The number of carbonyl (C=O) groups is 1. The van der Waals surface area contributed by atoms with Gasteiger partial charge in [-0.25, -0.2) is 0 Å². The van der Waals surface area contributed by atoms with Gasteiger partial charge in [-0.3, -0.25) is 10.1 Å². The summed E-state index contributed by atoms with van der Waals surface area (Å²) >= 11 is 0. The van der Waals surface area contributed by atoms with Gasteiger partial charge in [0.1, 0.15) is 6.17 Å². The van der Waals surface area contributed by atoms with Crippen LogP contribution in [0.4, 0.5) is 0 Å². The van der Waals surface area contributed by atoms with Crippen LogP contribution in [0, 0.1) is 5.92 Å².